The number of nitrogens with one attached hydrogen (secondary N) is 1. The van der Waals surface area contributed by atoms with Crippen LogP contribution in [0.1, 0.15) is 30.1 Å². The average molecular weight is 247 g/mol. The van der Waals surface area contributed by atoms with Gasteiger partial charge in [-0.1, -0.05) is 19.4 Å². The molecule has 1 aromatic rings. The van der Waals surface area contributed by atoms with Crippen LogP contribution < -0.4 is 10.2 Å². The first-order valence-electron chi connectivity index (χ1n) is 6.24. The van der Waals surface area contributed by atoms with Crippen LogP contribution in [0.4, 0.5) is 5.69 Å². The number of aromatic nitrogens is 1. The highest BCUT2D eigenvalue weighted by Crippen LogP contribution is 2.13. The highest BCUT2D eigenvalue weighted by Gasteiger charge is 2.07. The summed E-state index contributed by atoms with van der Waals surface area (Å²) in [6.07, 6.45) is 7.29. The lowest BCUT2D eigenvalue weighted by Crippen LogP contribution is -2.24. The number of pyridine rings is 1. The Kier molecular flexibility index (Phi) is 5.91. The van der Waals surface area contributed by atoms with Gasteiger partial charge in [0.15, 0.2) is 0 Å². The van der Waals surface area contributed by atoms with Crippen molar-refractivity contribution in [1.29, 1.82) is 0 Å². The van der Waals surface area contributed by atoms with Gasteiger partial charge in [-0.15, -0.1) is 6.58 Å². The first-order chi connectivity index (χ1) is 8.69. The summed E-state index contributed by atoms with van der Waals surface area (Å²) in [4.78, 5) is 18.0. The van der Waals surface area contributed by atoms with Crippen LogP contribution in [0.5, 0.6) is 0 Å². The SMILES string of the molecule is C=CCNC(=O)c1cncc(N(C)CCCC)c1. The number of unbranched alkanes of at least 4 members (excludes halogenated alkanes) is 1. The molecule has 1 amide bonds. The zero-order chi connectivity index (χ0) is 13.4. The standard InChI is InChI=1S/C14H21N3O/c1-4-6-8-17(3)13-9-12(10-15-11-13)14(18)16-7-5-2/h5,9-11H,2,4,6-8H2,1,3H3,(H,16,18). The number of amides is 1. The largest absolute Gasteiger partial charge is 0.373 e. The minimum absolute atomic E-state index is 0.117. The van der Waals surface area contributed by atoms with Gasteiger partial charge in [0.2, 0.25) is 0 Å². The van der Waals surface area contributed by atoms with Gasteiger partial charge in [0.25, 0.3) is 5.91 Å². The Balaban J connectivity index is 2.72. The number of hydrogen-bond donors (Lipinski definition) is 1. The lowest BCUT2D eigenvalue weighted by atomic mass is 10.2. The molecule has 0 saturated heterocycles. The molecule has 0 bridgehead atoms. The number of hydrogen-bond acceptors (Lipinski definition) is 3. The van der Waals surface area contributed by atoms with E-state index >= 15 is 0 Å². The van der Waals surface area contributed by atoms with Gasteiger partial charge in [0, 0.05) is 26.3 Å². The Labute approximate surface area is 109 Å². The topological polar surface area (TPSA) is 45.2 Å². The van der Waals surface area contributed by atoms with E-state index in [0.29, 0.717) is 12.1 Å². The maximum Gasteiger partial charge on any atom is 0.253 e. The summed E-state index contributed by atoms with van der Waals surface area (Å²) in [6.45, 7) is 7.16. The van der Waals surface area contributed by atoms with Gasteiger partial charge < -0.3 is 10.2 Å². The fourth-order valence-corrected chi connectivity index (χ4v) is 1.55. The molecule has 0 aliphatic heterocycles. The van der Waals surface area contributed by atoms with Crippen LogP contribution in [0.3, 0.4) is 0 Å². The smallest absolute Gasteiger partial charge is 0.253 e. The van der Waals surface area contributed by atoms with Crippen molar-refractivity contribution in [2.45, 2.75) is 19.8 Å². The van der Waals surface area contributed by atoms with Crippen molar-refractivity contribution >= 4 is 11.6 Å². The minimum atomic E-state index is -0.117. The highest BCUT2D eigenvalue weighted by molar-refractivity contribution is 5.94. The molecular formula is C14H21N3O. The zero-order valence-electron chi connectivity index (χ0n) is 11.1. The van der Waals surface area contributed by atoms with E-state index in [0.717, 1.165) is 25.1 Å². The summed E-state index contributed by atoms with van der Waals surface area (Å²) in [7, 11) is 2.01. The van der Waals surface area contributed by atoms with Gasteiger partial charge in [-0.05, 0) is 12.5 Å². The van der Waals surface area contributed by atoms with Gasteiger partial charge in [-0.3, -0.25) is 9.78 Å². The fourth-order valence-electron chi connectivity index (χ4n) is 1.55. The maximum atomic E-state index is 11.8. The summed E-state index contributed by atoms with van der Waals surface area (Å²) in [5, 5.41) is 2.74. The Bertz CT molecular complexity index is 404. The molecule has 0 aliphatic carbocycles. The van der Waals surface area contributed by atoms with E-state index in [1.165, 1.54) is 0 Å². The van der Waals surface area contributed by atoms with Crippen molar-refractivity contribution in [1.82, 2.24) is 10.3 Å². The van der Waals surface area contributed by atoms with E-state index in [4.69, 9.17) is 0 Å². The Morgan fingerprint density at radius 3 is 3.00 bits per heavy atom. The van der Waals surface area contributed by atoms with Crippen LogP contribution in [-0.2, 0) is 0 Å². The first kappa shape index (κ1) is 14.2. The summed E-state index contributed by atoms with van der Waals surface area (Å²) in [5.74, 6) is -0.117. The normalized spacial score (nSPS) is 9.89. The van der Waals surface area contributed by atoms with E-state index in [1.807, 2.05) is 13.1 Å². The molecule has 0 saturated carbocycles. The Hall–Kier alpha value is -1.84. The van der Waals surface area contributed by atoms with Crippen molar-refractivity contribution in [3.63, 3.8) is 0 Å². The molecule has 1 heterocycles. The number of carbonyl (C=O) groups excluding carboxylic acids is 1. The van der Waals surface area contributed by atoms with Crippen LogP contribution in [0.2, 0.25) is 0 Å². The van der Waals surface area contributed by atoms with Gasteiger partial charge in [0.1, 0.15) is 0 Å². The van der Waals surface area contributed by atoms with Gasteiger partial charge in [-0.25, -0.2) is 0 Å². The minimum Gasteiger partial charge on any atom is -0.373 e. The molecule has 0 fully saturated rings. The molecule has 0 aliphatic rings. The third kappa shape index (κ3) is 4.20. The van der Waals surface area contributed by atoms with E-state index in [1.54, 1.807) is 18.5 Å². The van der Waals surface area contributed by atoms with Crippen LogP contribution in [0.25, 0.3) is 0 Å². The van der Waals surface area contributed by atoms with Crippen molar-refractivity contribution < 1.29 is 4.79 Å². The predicted molar refractivity (Wildman–Crippen MR) is 74.9 cm³/mol. The summed E-state index contributed by atoms with van der Waals surface area (Å²) < 4.78 is 0. The molecule has 1 N–H and O–H groups in total. The van der Waals surface area contributed by atoms with Crippen molar-refractivity contribution in [3.8, 4) is 0 Å². The molecule has 4 nitrogen and oxygen atoms in total. The zero-order valence-corrected chi connectivity index (χ0v) is 11.1. The third-order valence-corrected chi connectivity index (χ3v) is 2.68. The van der Waals surface area contributed by atoms with Crippen molar-refractivity contribution in [2.24, 2.45) is 0 Å². The molecule has 1 aromatic heterocycles. The number of carbonyl (C=O) groups is 1. The number of anilines is 1. The molecule has 1 rings (SSSR count). The van der Waals surface area contributed by atoms with Crippen molar-refractivity contribution in [3.05, 3.63) is 36.7 Å². The van der Waals surface area contributed by atoms with Gasteiger partial charge in [0.05, 0.1) is 17.4 Å². The quantitative estimate of drug-likeness (QED) is 0.752. The molecule has 0 spiro atoms. The molecule has 4 heteroatoms. The highest BCUT2D eigenvalue weighted by atomic mass is 16.1. The second-order valence-corrected chi connectivity index (χ2v) is 4.21. The average Bonchev–Trinajstić information content (AvgIpc) is 2.42. The number of rotatable bonds is 7. The Morgan fingerprint density at radius 1 is 1.56 bits per heavy atom. The maximum absolute atomic E-state index is 11.8. The summed E-state index contributed by atoms with van der Waals surface area (Å²) >= 11 is 0. The van der Waals surface area contributed by atoms with Gasteiger partial charge >= 0.3 is 0 Å². The lowest BCUT2D eigenvalue weighted by molar-refractivity contribution is 0.0957. The van der Waals surface area contributed by atoms with Crippen molar-refractivity contribution in [2.75, 3.05) is 25.0 Å². The predicted octanol–water partition coefficient (Wildman–Crippen LogP) is 2.23. The Morgan fingerprint density at radius 2 is 2.33 bits per heavy atom. The second-order valence-electron chi connectivity index (χ2n) is 4.21. The second kappa shape index (κ2) is 7.48. The van der Waals surface area contributed by atoms with Gasteiger partial charge in [-0.2, -0.15) is 0 Å². The summed E-state index contributed by atoms with van der Waals surface area (Å²) in [5.41, 5.74) is 1.55. The fraction of sp³-hybridized carbons (Fsp3) is 0.429. The number of nitrogens with zero attached hydrogens (tertiary/aromatic N) is 2. The summed E-state index contributed by atoms with van der Waals surface area (Å²) in [6, 6.07) is 1.86. The van der Waals surface area contributed by atoms with E-state index < -0.39 is 0 Å². The molecule has 0 unspecified atom stereocenters. The third-order valence-electron chi connectivity index (χ3n) is 2.68. The molecule has 0 aromatic carbocycles. The molecule has 0 radical (unpaired) electrons. The molecule has 98 valence electrons. The van der Waals surface area contributed by atoms with Crippen LogP contribution in [-0.4, -0.2) is 31.0 Å². The van der Waals surface area contributed by atoms with E-state index in [9.17, 15) is 4.79 Å². The van der Waals surface area contributed by atoms with Crippen LogP contribution >= 0.6 is 0 Å². The molecule has 18 heavy (non-hydrogen) atoms. The molecule has 0 atom stereocenters. The van der Waals surface area contributed by atoms with Crippen LogP contribution in [0, 0.1) is 0 Å². The van der Waals surface area contributed by atoms with Crippen LogP contribution in [0.15, 0.2) is 31.1 Å². The lowest BCUT2D eigenvalue weighted by Gasteiger charge is -2.18. The first-order valence-corrected chi connectivity index (χ1v) is 6.24. The monoisotopic (exact) mass is 247 g/mol. The van der Waals surface area contributed by atoms with E-state index in [2.05, 4.69) is 28.7 Å². The molecular weight excluding hydrogens is 226 g/mol. The van der Waals surface area contributed by atoms with E-state index in [-0.39, 0.29) is 5.91 Å².